The number of amides is 1. The van der Waals surface area contributed by atoms with Crippen molar-refractivity contribution < 1.29 is 4.79 Å². The standard InChI is InChI=1S/C22H27N3O.ClH/c23-13-7-1-2-8-14-24-16-21(26)25-22-19-11-5-3-9-17(19)15-18-10-4-6-12-20(18)22;/h3-6,9-12,15,24H,1-2,7-8,13-14,16,23H2,(H,25,26);1H. The molecule has 3 aromatic carbocycles. The Hall–Kier alpha value is -2.14. The Kier molecular flexibility index (Phi) is 8.52. The predicted molar refractivity (Wildman–Crippen MR) is 118 cm³/mol. The van der Waals surface area contributed by atoms with Crippen molar-refractivity contribution in [3.8, 4) is 0 Å². The van der Waals surface area contributed by atoms with E-state index in [0.29, 0.717) is 6.54 Å². The number of hydrogen-bond acceptors (Lipinski definition) is 3. The summed E-state index contributed by atoms with van der Waals surface area (Å²) in [6, 6.07) is 18.5. The molecule has 0 spiro atoms. The van der Waals surface area contributed by atoms with Crippen LogP contribution in [0.2, 0.25) is 0 Å². The van der Waals surface area contributed by atoms with Crippen LogP contribution >= 0.6 is 12.4 Å². The van der Waals surface area contributed by atoms with Gasteiger partial charge in [-0.25, -0.2) is 0 Å². The monoisotopic (exact) mass is 385 g/mol. The minimum absolute atomic E-state index is 0. The number of fused-ring (bicyclic) bond motifs is 2. The molecule has 0 saturated carbocycles. The minimum atomic E-state index is -0.00605. The van der Waals surface area contributed by atoms with Gasteiger partial charge < -0.3 is 16.4 Å². The fourth-order valence-electron chi connectivity index (χ4n) is 3.28. The molecule has 4 nitrogen and oxygen atoms in total. The third kappa shape index (κ3) is 5.67. The molecule has 3 aromatic rings. The molecule has 1 amide bonds. The first kappa shape index (κ1) is 21.2. The van der Waals surface area contributed by atoms with Gasteiger partial charge in [-0.1, -0.05) is 61.4 Å². The van der Waals surface area contributed by atoms with Crippen molar-refractivity contribution in [1.82, 2.24) is 5.32 Å². The lowest BCUT2D eigenvalue weighted by Gasteiger charge is -2.13. The summed E-state index contributed by atoms with van der Waals surface area (Å²) in [5, 5.41) is 10.8. The number of rotatable bonds is 9. The van der Waals surface area contributed by atoms with Gasteiger partial charge in [0, 0.05) is 10.8 Å². The van der Waals surface area contributed by atoms with Gasteiger partial charge in [0.1, 0.15) is 0 Å². The van der Waals surface area contributed by atoms with Crippen molar-refractivity contribution in [2.75, 3.05) is 25.0 Å². The topological polar surface area (TPSA) is 67.1 Å². The number of carbonyl (C=O) groups excluding carboxylic acids is 1. The molecule has 0 heterocycles. The Balaban J connectivity index is 0.00000261. The maximum absolute atomic E-state index is 12.4. The van der Waals surface area contributed by atoms with Crippen LogP contribution in [0.4, 0.5) is 5.69 Å². The van der Waals surface area contributed by atoms with Gasteiger partial charge in [0.25, 0.3) is 0 Å². The number of hydrogen-bond donors (Lipinski definition) is 3. The average Bonchev–Trinajstić information content (AvgIpc) is 2.67. The van der Waals surface area contributed by atoms with E-state index in [2.05, 4.69) is 41.0 Å². The number of nitrogens with one attached hydrogen (secondary N) is 2. The molecule has 5 heteroatoms. The molecule has 27 heavy (non-hydrogen) atoms. The van der Waals surface area contributed by atoms with E-state index in [0.717, 1.165) is 66.0 Å². The Morgan fingerprint density at radius 1 is 0.852 bits per heavy atom. The second-order valence-electron chi connectivity index (χ2n) is 6.62. The van der Waals surface area contributed by atoms with E-state index in [4.69, 9.17) is 5.73 Å². The van der Waals surface area contributed by atoms with Crippen LogP contribution in [-0.4, -0.2) is 25.5 Å². The van der Waals surface area contributed by atoms with Crippen LogP contribution in [0.15, 0.2) is 54.6 Å². The fourth-order valence-corrected chi connectivity index (χ4v) is 3.28. The highest BCUT2D eigenvalue weighted by molar-refractivity contribution is 6.15. The summed E-state index contributed by atoms with van der Waals surface area (Å²) < 4.78 is 0. The van der Waals surface area contributed by atoms with Gasteiger partial charge in [-0.3, -0.25) is 4.79 Å². The molecular formula is C22H28ClN3O. The van der Waals surface area contributed by atoms with Gasteiger partial charge in [0.05, 0.1) is 12.2 Å². The third-order valence-electron chi connectivity index (χ3n) is 4.63. The molecular weight excluding hydrogens is 358 g/mol. The number of unbranched alkanes of at least 4 members (excludes halogenated alkanes) is 3. The largest absolute Gasteiger partial charge is 0.330 e. The maximum atomic E-state index is 12.4. The van der Waals surface area contributed by atoms with Crippen LogP contribution in [0.25, 0.3) is 21.5 Å². The van der Waals surface area contributed by atoms with Crippen molar-refractivity contribution in [3.05, 3.63) is 54.6 Å². The van der Waals surface area contributed by atoms with Crippen molar-refractivity contribution in [1.29, 1.82) is 0 Å². The summed E-state index contributed by atoms with van der Waals surface area (Å²) in [5.74, 6) is -0.00605. The summed E-state index contributed by atoms with van der Waals surface area (Å²) in [4.78, 5) is 12.4. The van der Waals surface area contributed by atoms with E-state index >= 15 is 0 Å². The van der Waals surface area contributed by atoms with Crippen LogP contribution < -0.4 is 16.4 Å². The second kappa shape index (κ2) is 10.9. The number of benzene rings is 3. The first-order valence-electron chi connectivity index (χ1n) is 9.41. The number of carbonyl (C=O) groups is 1. The van der Waals surface area contributed by atoms with E-state index in [1.54, 1.807) is 0 Å². The highest BCUT2D eigenvalue weighted by atomic mass is 35.5. The summed E-state index contributed by atoms with van der Waals surface area (Å²) in [5.41, 5.74) is 6.39. The lowest BCUT2D eigenvalue weighted by molar-refractivity contribution is -0.115. The summed E-state index contributed by atoms with van der Waals surface area (Å²) in [6.45, 7) is 1.94. The Morgan fingerprint density at radius 3 is 2.07 bits per heavy atom. The van der Waals surface area contributed by atoms with E-state index in [-0.39, 0.29) is 18.3 Å². The number of nitrogens with two attached hydrogens (primary N) is 1. The smallest absolute Gasteiger partial charge is 0.238 e. The molecule has 0 aliphatic rings. The molecule has 0 aliphatic carbocycles. The lowest BCUT2D eigenvalue weighted by atomic mass is 10.0. The molecule has 0 fully saturated rings. The molecule has 0 radical (unpaired) electrons. The van der Waals surface area contributed by atoms with Gasteiger partial charge >= 0.3 is 0 Å². The van der Waals surface area contributed by atoms with Gasteiger partial charge in [-0.05, 0) is 42.8 Å². The highest BCUT2D eigenvalue weighted by Crippen LogP contribution is 2.32. The SMILES string of the molecule is Cl.NCCCCCCNCC(=O)Nc1c2ccccc2cc2ccccc12. The molecule has 144 valence electrons. The van der Waals surface area contributed by atoms with Crippen LogP contribution in [-0.2, 0) is 4.79 Å². The Labute approximate surface area is 166 Å². The minimum Gasteiger partial charge on any atom is -0.330 e. The first-order valence-corrected chi connectivity index (χ1v) is 9.41. The maximum Gasteiger partial charge on any atom is 0.238 e. The van der Waals surface area contributed by atoms with Crippen LogP contribution in [0.3, 0.4) is 0 Å². The van der Waals surface area contributed by atoms with Crippen molar-refractivity contribution >= 4 is 45.5 Å². The number of anilines is 1. The average molecular weight is 386 g/mol. The Morgan fingerprint density at radius 2 is 1.44 bits per heavy atom. The van der Waals surface area contributed by atoms with Crippen LogP contribution in [0.1, 0.15) is 25.7 Å². The van der Waals surface area contributed by atoms with Crippen molar-refractivity contribution in [3.63, 3.8) is 0 Å². The molecule has 4 N–H and O–H groups in total. The zero-order valence-electron chi connectivity index (χ0n) is 15.5. The van der Waals surface area contributed by atoms with Gasteiger partial charge in [-0.2, -0.15) is 0 Å². The van der Waals surface area contributed by atoms with Crippen LogP contribution in [0, 0.1) is 0 Å². The van der Waals surface area contributed by atoms with E-state index in [1.807, 2.05) is 24.3 Å². The highest BCUT2D eigenvalue weighted by Gasteiger charge is 2.10. The zero-order chi connectivity index (χ0) is 18.2. The molecule has 0 aliphatic heterocycles. The van der Waals surface area contributed by atoms with E-state index in [9.17, 15) is 4.79 Å². The van der Waals surface area contributed by atoms with Gasteiger partial charge in [0.15, 0.2) is 0 Å². The van der Waals surface area contributed by atoms with Gasteiger partial charge in [0.2, 0.25) is 5.91 Å². The molecule has 0 unspecified atom stereocenters. The van der Waals surface area contributed by atoms with E-state index in [1.165, 1.54) is 0 Å². The van der Waals surface area contributed by atoms with E-state index < -0.39 is 0 Å². The molecule has 0 aromatic heterocycles. The predicted octanol–water partition coefficient (Wildman–Crippen LogP) is 4.46. The molecule has 0 bridgehead atoms. The summed E-state index contributed by atoms with van der Waals surface area (Å²) in [7, 11) is 0. The molecule has 0 atom stereocenters. The fraction of sp³-hybridized carbons (Fsp3) is 0.318. The molecule has 3 rings (SSSR count). The van der Waals surface area contributed by atoms with Crippen molar-refractivity contribution in [2.24, 2.45) is 5.73 Å². The second-order valence-corrected chi connectivity index (χ2v) is 6.62. The summed E-state index contributed by atoms with van der Waals surface area (Å²) in [6.07, 6.45) is 4.46. The number of halogens is 1. The third-order valence-corrected chi connectivity index (χ3v) is 4.63. The van der Waals surface area contributed by atoms with Crippen LogP contribution in [0.5, 0.6) is 0 Å². The Bertz CT molecular complexity index is 828. The first-order chi connectivity index (χ1) is 12.8. The lowest BCUT2D eigenvalue weighted by Crippen LogP contribution is -2.28. The van der Waals surface area contributed by atoms with Gasteiger partial charge in [-0.15, -0.1) is 12.4 Å². The zero-order valence-corrected chi connectivity index (χ0v) is 16.4. The normalized spacial score (nSPS) is 10.7. The molecule has 0 saturated heterocycles. The summed E-state index contributed by atoms with van der Waals surface area (Å²) >= 11 is 0. The quantitative estimate of drug-likeness (QED) is 0.376. The van der Waals surface area contributed by atoms with Crippen molar-refractivity contribution in [2.45, 2.75) is 25.7 Å².